The third kappa shape index (κ3) is 4.35. The number of carbonyl (C=O) groups excluding carboxylic acids is 2. The minimum atomic E-state index is -0.231. The second-order valence-corrected chi connectivity index (χ2v) is 6.90. The SMILES string of the molecule is NC(=O)C1CCN(c2ccccc2NC(=O)Cc2ccccc2Cl)CC1. The van der Waals surface area contributed by atoms with Crippen LogP contribution in [0.15, 0.2) is 48.5 Å². The van der Waals surface area contributed by atoms with Crippen molar-refractivity contribution in [1.82, 2.24) is 0 Å². The predicted molar refractivity (Wildman–Crippen MR) is 104 cm³/mol. The summed E-state index contributed by atoms with van der Waals surface area (Å²) in [4.78, 5) is 26.0. The monoisotopic (exact) mass is 371 g/mol. The summed E-state index contributed by atoms with van der Waals surface area (Å²) in [5, 5.41) is 3.57. The molecule has 1 aliphatic rings. The largest absolute Gasteiger partial charge is 0.370 e. The zero-order chi connectivity index (χ0) is 18.5. The number of hydrogen-bond donors (Lipinski definition) is 2. The van der Waals surface area contributed by atoms with Gasteiger partial charge in [0.05, 0.1) is 17.8 Å². The van der Waals surface area contributed by atoms with Crippen LogP contribution < -0.4 is 16.0 Å². The molecule has 0 unspecified atom stereocenters. The zero-order valence-corrected chi connectivity index (χ0v) is 15.2. The molecule has 0 saturated carbocycles. The van der Waals surface area contributed by atoms with Gasteiger partial charge in [0, 0.05) is 24.0 Å². The third-order valence-electron chi connectivity index (χ3n) is 4.72. The molecule has 3 N–H and O–H groups in total. The highest BCUT2D eigenvalue weighted by molar-refractivity contribution is 6.31. The maximum atomic E-state index is 12.5. The summed E-state index contributed by atoms with van der Waals surface area (Å²) in [7, 11) is 0. The molecule has 2 aromatic carbocycles. The van der Waals surface area contributed by atoms with Crippen molar-refractivity contribution in [1.29, 1.82) is 0 Å². The van der Waals surface area contributed by atoms with Gasteiger partial charge in [-0.1, -0.05) is 41.9 Å². The fourth-order valence-corrected chi connectivity index (χ4v) is 3.47. The lowest BCUT2D eigenvalue weighted by Crippen LogP contribution is -2.38. The van der Waals surface area contributed by atoms with E-state index in [0.29, 0.717) is 5.02 Å². The molecule has 2 amide bonds. The summed E-state index contributed by atoms with van der Waals surface area (Å²) in [6, 6.07) is 15.0. The molecule has 1 heterocycles. The van der Waals surface area contributed by atoms with Gasteiger partial charge in [-0.25, -0.2) is 0 Å². The van der Waals surface area contributed by atoms with E-state index in [0.717, 1.165) is 42.9 Å². The summed E-state index contributed by atoms with van der Waals surface area (Å²) >= 11 is 6.14. The molecular formula is C20H22ClN3O2. The summed E-state index contributed by atoms with van der Waals surface area (Å²) in [5.41, 5.74) is 7.93. The van der Waals surface area contributed by atoms with Crippen LogP contribution >= 0.6 is 11.6 Å². The molecule has 0 bridgehead atoms. The first-order valence-corrected chi connectivity index (χ1v) is 9.09. The highest BCUT2D eigenvalue weighted by Gasteiger charge is 2.24. The normalized spacial score (nSPS) is 14.9. The molecule has 0 spiro atoms. The maximum Gasteiger partial charge on any atom is 0.228 e. The molecule has 1 fully saturated rings. The van der Waals surface area contributed by atoms with E-state index in [2.05, 4.69) is 10.2 Å². The van der Waals surface area contributed by atoms with Gasteiger partial charge in [0.15, 0.2) is 0 Å². The van der Waals surface area contributed by atoms with Gasteiger partial charge in [-0.3, -0.25) is 9.59 Å². The van der Waals surface area contributed by atoms with E-state index in [-0.39, 0.29) is 24.2 Å². The molecule has 1 aliphatic heterocycles. The smallest absolute Gasteiger partial charge is 0.228 e. The number of primary amides is 1. The van der Waals surface area contributed by atoms with Gasteiger partial charge in [-0.05, 0) is 36.6 Å². The van der Waals surface area contributed by atoms with Crippen LogP contribution in [0.3, 0.4) is 0 Å². The van der Waals surface area contributed by atoms with E-state index in [9.17, 15) is 9.59 Å². The summed E-state index contributed by atoms with van der Waals surface area (Å²) in [6.07, 6.45) is 1.69. The van der Waals surface area contributed by atoms with Crippen LogP contribution in [-0.4, -0.2) is 24.9 Å². The Balaban J connectivity index is 1.69. The predicted octanol–water partition coefficient (Wildman–Crippen LogP) is 3.22. The molecular weight excluding hydrogens is 350 g/mol. The lowest BCUT2D eigenvalue weighted by Gasteiger charge is -2.33. The number of piperidine rings is 1. The number of rotatable bonds is 5. The number of nitrogens with two attached hydrogens (primary N) is 1. The van der Waals surface area contributed by atoms with Crippen LogP contribution in [0.4, 0.5) is 11.4 Å². The van der Waals surface area contributed by atoms with Crippen molar-refractivity contribution in [3.63, 3.8) is 0 Å². The van der Waals surface area contributed by atoms with Crippen molar-refractivity contribution >= 4 is 34.8 Å². The zero-order valence-electron chi connectivity index (χ0n) is 14.5. The topological polar surface area (TPSA) is 75.4 Å². The summed E-state index contributed by atoms with van der Waals surface area (Å²) in [5.74, 6) is -0.406. The molecule has 2 aromatic rings. The van der Waals surface area contributed by atoms with Crippen molar-refractivity contribution in [2.75, 3.05) is 23.3 Å². The van der Waals surface area contributed by atoms with Crippen molar-refractivity contribution in [3.05, 3.63) is 59.1 Å². The van der Waals surface area contributed by atoms with E-state index in [1.165, 1.54) is 0 Å². The Morgan fingerprint density at radius 1 is 1.08 bits per heavy atom. The molecule has 136 valence electrons. The lowest BCUT2D eigenvalue weighted by molar-refractivity contribution is -0.122. The molecule has 5 nitrogen and oxygen atoms in total. The van der Waals surface area contributed by atoms with E-state index in [1.54, 1.807) is 6.07 Å². The number of carbonyl (C=O) groups is 2. The van der Waals surface area contributed by atoms with Crippen molar-refractivity contribution < 1.29 is 9.59 Å². The third-order valence-corrected chi connectivity index (χ3v) is 5.09. The number of anilines is 2. The van der Waals surface area contributed by atoms with Gasteiger partial charge in [-0.15, -0.1) is 0 Å². The van der Waals surface area contributed by atoms with Crippen molar-refractivity contribution in [2.24, 2.45) is 11.7 Å². The van der Waals surface area contributed by atoms with Gasteiger partial charge in [-0.2, -0.15) is 0 Å². The molecule has 6 heteroatoms. The molecule has 26 heavy (non-hydrogen) atoms. The Kier molecular flexibility index (Phi) is 5.78. The Hall–Kier alpha value is -2.53. The Morgan fingerprint density at radius 3 is 2.42 bits per heavy atom. The molecule has 1 saturated heterocycles. The minimum Gasteiger partial charge on any atom is -0.370 e. The molecule has 3 rings (SSSR count). The summed E-state index contributed by atoms with van der Waals surface area (Å²) in [6.45, 7) is 1.48. The minimum absolute atomic E-state index is 0.0618. The Labute approximate surface area is 158 Å². The van der Waals surface area contributed by atoms with E-state index in [1.807, 2.05) is 42.5 Å². The molecule has 0 aromatic heterocycles. The average Bonchev–Trinajstić information content (AvgIpc) is 2.64. The van der Waals surface area contributed by atoms with Gasteiger partial charge < -0.3 is 16.0 Å². The van der Waals surface area contributed by atoms with Crippen LogP contribution in [0.5, 0.6) is 0 Å². The first-order chi connectivity index (χ1) is 12.5. The van der Waals surface area contributed by atoms with E-state index in [4.69, 9.17) is 17.3 Å². The van der Waals surface area contributed by atoms with Crippen molar-refractivity contribution in [2.45, 2.75) is 19.3 Å². The quantitative estimate of drug-likeness (QED) is 0.847. The first kappa shape index (κ1) is 18.3. The number of nitrogens with one attached hydrogen (secondary N) is 1. The molecule has 0 atom stereocenters. The van der Waals surface area contributed by atoms with Gasteiger partial charge in [0.2, 0.25) is 11.8 Å². The van der Waals surface area contributed by atoms with Crippen LogP contribution in [0.25, 0.3) is 0 Å². The van der Waals surface area contributed by atoms with Gasteiger partial charge in [0.1, 0.15) is 0 Å². The van der Waals surface area contributed by atoms with Crippen LogP contribution in [0.2, 0.25) is 5.02 Å². The molecule has 0 aliphatic carbocycles. The van der Waals surface area contributed by atoms with Crippen LogP contribution in [0.1, 0.15) is 18.4 Å². The van der Waals surface area contributed by atoms with Gasteiger partial charge >= 0.3 is 0 Å². The standard InChI is InChI=1S/C20H22ClN3O2/c21-16-6-2-1-5-15(16)13-19(25)23-17-7-3-4-8-18(17)24-11-9-14(10-12-24)20(22)26/h1-8,14H,9-13H2,(H2,22,26)(H,23,25). The van der Waals surface area contributed by atoms with E-state index < -0.39 is 0 Å². The average molecular weight is 372 g/mol. The Bertz CT molecular complexity index is 801. The van der Waals surface area contributed by atoms with Crippen molar-refractivity contribution in [3.8, 4) is 0 Å². The lowest BCUT2D eigenvalue weighted by atomic mass is 9.96. The highest BCUT2D eigenvalue weighted by atomic mass is 35.5. The number of benzene rings is 2. The number of hydrogen-bond acceptors (Lipinski definition) is 3. The first-order valence-electron chi connectivity index (χ1n) is 8.71. The van der Waals surface area contributed by atoms with Gasteiger partial charge in [0.25, 0.3) is 0 Å². The second kappa shape index (κ2) is 8.23. The van der Waals surface area contributed by atoms with Crippen LogP contribution in [0, 0.1) is 5.92 Å². The fraction of sp³-hybridized carbons (Fsp3) is 0.300. The molecule has 0 radical (unpaired) electrons. The number of amides is 2. The fourth-order valence-electron chi connectivity index (χ4n) is 3.27. The summed E-state index contributed by atoms with van der Waals surface area (Å²) < 4.78 is 0. The number of nitrogens with zero attached hydrogens (tertiary/aromatic N) is 1. The highest BCUT2D eigenvalue weighted by Crippen LogP contribution is 2.30. The maximum absolute atomic E-state index is 12.5. The van der Waals surface area contributed by atoms with E-state index >= 15 is 0 Å². The van der Waals surface area contributed by atoms with Crippen LogP contribution in [-0.2, 0) is 16.0 Å². The second-order valence-electron chi connectivity index (χ2n) is 6.50. The Morgan fingerprint density at radius 2 is 1.73 bits per heavy atom. The number of para-hydroxylation sites is 2. The number of halogens is 1.